The van der Waals surface area contributed by atoms with Crippen LogP contribution < -0.4 is 0 Å². The summed E-state index contributed by atoms with van der Waals surface area (Å²) in [6.45, 7) is 0.303. The van der Waals surface area contributed by atoms with Crippen molar-refractivity contribution in [1.82, 2.24) is 9.55 Å². The average Bonchev–Trinajstić information content (AvgIpc) is 2.67. The van der Waals surface area contributed by atoms with Crippen molar-refractivity contribution < 1.29 is 5.11 Å². The van der Waals surface area contributed by atoms with Gasteiger partial charge in [-0.25, -0.2) is 4.98 Å². The van der Waals surface area contributed by atoms with E-state index in [0.29, 0.717) is 6.61 Å². The molecule has 1 heterocycles. The van der Waals surface area contributed by atoms with Gasteiger partial charge in [-0.1, -0.05) is 30.3 Å². The molecule has 0 aliphatic rings. The van der Waals surface area contributed by atoms with E-state index in [2.05, 4.69) is 22.7 Å². The number of aliphatic hydroxyl groups excluding tert-OH is 1. The number of imidazole rings is 1. The number of benzene rings is 1. The smallest absolute Gasteiger partial charge is 0.168 e. The van der Waals surface area contributed by atoms with Crippen LogP contribution in [0.15, 0.2) is 29.4 Å². The number of aryl methyl sites for hydroxylation is 1. The topological polar surface area (TPSA) is 38.0 Å². The lowest BCUT2D eigenvalue weighted by Crippen LogP contribution is -1.92. The van der Waals surface area contributed by atoms with E-state index in [4.69, 9.17) is 5.11 Å². The molecule has 1 aromatic heterocycles. The normalized spacial score (nSPS) is 11.2. The molecule has 0 aliphatic heterocycles. The Balaban J connectivity index is 1.97. The largest absolute Gasteiger partial charge is 0.396 e. The Labute approximate surface area is 106 Å². The Morgan fingerprint density at radius 1 is 1.24 bits per heavy atom. The molecule has 0 fully saturated rings. The van der Waals surface area contributed by atoms with Crippen molar-refractivity contribution in [3.8, 4) is 0 Å². The minimum absolute atomic E-state index is 0.303. The molecule has 0 amide bonds. The average molecular weight is 250 g/mol. The van der Waals surface area contributed by atoms with E-state index < -0.39 is 0 Å². The number of aliphatic hydroxyl groups is 1. The van der Waals surface area contributed by atoms with E-state index in [9.17, 15) is 0 Å². The van der Waals surface area contributed by atoms with E-state index >= 15 is 0 Å². The zero-order chi connectivity index (χ0) is 12.1. The van der Waals surface area contributed by atoms with Crippen molar-refractivity contribution in [2.24, 2.45) is 7.05 Å². The Bertz CT molecular complexity index is 481. The number of thioether (sulfide) groups is 1. The molecule has 0 unspecified atom stereocenters. The van der Waals surface area contributed by atoms with Gasteiger partial charge in [0.05, 0.1) is 11.0 Å². The summed E-state index contributed by atoms with van der Waals surface area (Å²) in [6, 6.07) is 8.20. The van der Waals surface area contributed by atoms with Gasteiger partial charge in [-0.05, 0) is 25.0 Å². The monoisotopic (exact) mass is 250 g/mol. The maximum Gasteiger partial charge on any atom is 0.168 e. The van der Waals surface area contributed by atoms with Crippen LogP contribution in [0.5, 0.6) is 0 Å². The molecule has 0 saturated heterocycles. The number of nitrogens with zero attached hydrogens (tertiary/aromatic N) is 2. The van der Waals surface area contributed by atoms with Crippen LogP contribution in [-0.4, -0.2) is 27.0 Å². The number of hydrogen-bond acceptors (Lipinski definition) is 3. The van der Waals surface area contributed by atoms with E-state index in [1.54, 1.807) is 11.8 Å². The first kappa shape index (κ1) is 12.5. The van der Waals surface area contributed by atoms with Crippen LogP contribution in [0.1, 0.15) is 19.3 Å². The van der Waals surface area contributed by atoms with Crippen LogP contribution in [0, 0.1) is 0 Å². The summed E-state index contributed by atoms with van der Waals surface area (Å²) in [6.07, 6.45) is 3.13. The van der Waals surface area contributed by atoms with Gasteiger partial charge >= 0.3 is 0 Å². The third-order valence-electron chi connectivity index (χ3n) is 2.78. The first-order valence-corrected chi connectivity index (χ1v) is 6.96. The van der Waals surface area contributed by atoms with E-state index in [1.165, 1.54) is 5.52 Å². The van der Waals surface area contributed by atoms with Crippen molar-refractivity contribution in [3.63, 3.8) is 0 Å². The van der Waals surface area contributed by atoms with Gasteiger partial charge in [-0.2, -0.15) is 0 Å². The number of aromatic nitrogens is 2. The van der Waals surface area contributed by atoms with Crippen LogP contribution in [0.2, 0.25) is 0 Å². The van der Waals surface area contributed by atoms with Gasteiger partial charge in [0, 0.05) is 19.4 Å². The second kappa shape index (κ2) is 6.07. The second-order valence-corrected chi connectivity index (χ2v) is 5.14. The Hall–Kier alpha value is -1.00. The molecular weight excluding hydrogens is 232 g/mol. The standard InChI is InChI=1S/C13H18N2OS/c1-15-12-8-4-3-7-11(12)14-13(15)17-10-6-2-5-9-16/h3-4,7-8,16H,2,5-6,9-10H2,1H3. The highest BCUT2D eigenvalue weighted by Crippen LogP contribution is 2.23. The SMILES string of the molecule is Cn1c(SCCCCCO)nc2ccccc21. The first-order chi connectivity index (χ1) is 8.33. The van der Waals surface area contributed by atoms with Crippen molar-refractivity contribution in [3.05, 3.63) is 24.3 Å². The molecule has 2 aromatic rings. The van der Waals surface area contributed by atoms with Gasteiger partial charge in [-0.15, -0.1) is 0 Å². The molecule has 0 bridgehead atoms. The number of rotatable bonds is 6. The lowest BCUT2D eigenvalue weighted by Gasteiger charge is -2.01. The van der Waals surface area contributed by atoms with Gasteiger partial charge in [0.1, 0.15) is 0 Å². The van der Waals surface area contributed by atoms with E-state index in [1.807, 2.05) is 18.2 Å². The fourth-order valence-corrected chi connectivity index (χ4v) is 2.79. The second-order valence-electron chi connectivity index (χ2n) is 4.07. The van der Waals surface area contributed by atoms with Crippen LogP contribution in [0.3, 0.4) is 0 Å². The molecule has 1 N–H and O–H groups in total. The zero-order valence-corrected chi connectivity index (χ0v) is 10.9. The van der Waals surface area contributed by atoms with E-state index in [0.717, 1.165) is 35.7 Å². The Morgan fingerprint density at radius 3 is 2.82 bits per heavy atom. The molecule has 1 aromatic carbocycles. The molecule has 3 nitrogen and oxygen atoms in total. The highest BCUT2D eigenvalue weighted by molar-refractivity contribution is 7.99. The fraction of sp³-hybridized carbons (Fsp3) is 0.462. The summed E-state index contributed by atoms with van der Waals surface area (Å²) in [5, 5.41) is 9.78. The maximum atomic E-state index is 8.70. The van der Waals surface area contributed by atoms with Crippen molar-refractivity contribution >= 4 is 22.8 Å². The van der Waals surface area contributed by atoms with Gasteiger partial charge in [-0.3, -0.25) is 0 Å². The molecule has 0 aliphatic carbocycles. The number of fused-ring (bicyclic) bond motifs is 1. The Morgan fingerprint density at radius 2 is 2.06 bits per heavy atom. The predicted molar refractivity (Wildman–Crippen MR) is 72.4 cm³/mol. The lowest BCUT2D eigenvalue weighted by molar-refractivity contribution is 0.284. The number of para-hydroxylation sites is 2. The summed E-state index contributed by atoms with van der Waals surface area (Å²) < 4.78 is 2.14. The summed E-state index contributed by atoms with van der Waals surface area (Å²) >= 11 is 1.79. The minimum Gasteiger partial charge on any atom is -0.396 e. The highest BCUT2D eigenvalue weighted by Gasteiger charge is 2.06. The number of hydrogen-bond donors (Lipinski definition) is 1. The van der Waals surface area contributed by atoms with Crippen LogP contribution in [-0.2, 0) is 7.05 Å². The van der Waals surface area contributed by atoms with Gasteiger partial charge < -0.3 is 9.67 Å². The quantitative estimate of drug-likeness (QED) is 0.633. The molecule has 0 radical (unpaired) electrons. The third kappa shape index (κ3) is 3.01. The zero-order valence-electron chi connectivity index (χ0n) is 10.1. The third-order valence-corrected chi connectivity index (χ3v) is 3.90. The van der Waals surface area contributed by atoms with Crippen molar-refractivity contribution in [1.29, 1.82) is 0 Å². The summed E-state index contributed by atoms with van der Waals surface area (Å²) in [7, 11) is 2.06. The molecule has 0 saturated carbocycles. The molecule has 17 heavy (non-hydrogen) atoms. The van der Waals surface area contributed by atoms with Gasteiger partial charge in [0.2, 0.25) is 0 Å². The Kier molecular flexibility index (Phi) is 4.45. The van der Waals surface area contributed by atoms with Crippen LogP contribution >= 0.6 is 11.8 Å². The molecule has 92 valence electrons. The molecule has 4 heteroatoms. The first-order valence-electron chi connectivity index (χ1n) is 5.98. The van der Waals surface area contributed by atoms with Crippen molar-refractivity contribution in [2.45, 2.75) is 24.4 Å². The van der Waals surface area contributed by atoms with Crippen LogP contribution in [0.25, 0.3) is 11.0 Å². The summed E-state index contributed by atoms with van der Waals surface area (Å²) in [5.74, 6) is 1.07. The predicted octanol–water partition coefficient (Wildman–Crippen LogP) is 2.83. The summed E-state index contributed by atoms with van der Waals surface area (Å²) in [5.41, 5.74) is 2.25. The fourth-order valence-electron chi connectivity index (χ4n) is 1.81. The van der Waals surface area contributed by atoms with Crippen molar-refractivity contribution in [2.75, 3.05) is 12.4 Å². The molecule has 0 atom stereocenters. The minimum atomic E-state index is 0.303. The molecular formula is C13H18N2OS. The van der Waals surface area contributed by atoms with Gasteiger partial charge in [0.25, 0.3) is 0 Å². The maximum absolute atomic E-state index is 8.70. The molecule has 2 rings (SSSR count). The van der Waals surface area contributed by atoms with Crippen LogP contribution in [0.4, 0.5) is 0 Å². The highest BCUT2D eigenvalue weighted by atomic mass is 32.2. The lowest BCUT2D eigenvalue weighted by atomic mass is 10.3. The van der Waals surface area contributed by atoms with E-state index in [-0.39, 0.29) is 0 Å². The molecule has 0 spiro atoms. The number of unbranched alkanes of at least 4 members (excludes halogenated alkanes) is 2. The summed E-state index contributed by atoms with van der Waals surface area (Å²) in [4.78, 5) is 4.61. The van der Waals surface area contributed by atoms with Gasteiger partial charge in [0.15, 0.2) is 5.16 Å².